The highest BCUT2D eigenvalue weighted by Gasteiger charge is 2.26. The van der Waals surface area contributed by atoms with E-state index in [9.17, 15) is 9.90 Å². The van der Waals surface area contributed by atoms with E-state index in [-0.39, 0.29) is 18.1 Å². The number of aryl methyl sites for hydroxylation is 2. The maximum absolute atomic E-state index is 12.3. The van der Waals surface area contributed by atoms with Crippen LogP contribution in [-0.4, -0.2) is 40.4 Å². The van der Waals surface area contributed by atoms with Crippen LogP contribution >= 0.6 is 0 Å². The van der Waals surface area contributed by atoms with Crippen LogP contribution in [0.1, 0.15) is 50.6 Å². The summed E-state index contributed by atoms with van der Waals surface area (Å²) in [7, 11) is 0. The van der Waals surface area contributed by atoms with Crippen molar-refractivity contribution < 1.29 is 14.4 Å². The van der Waals surface area contributed by atoms with Crippen LogP contribution in [0, 0.1) is 5.92 Å². The Balaban J connectivity index is 1.94. The van der Waals surface area contributed by atoms with Gasteiger partial charge in [-0.25, -0.2) is 4.79 Å². The summed E-state index contributed by atoms with van der Waals surface area (Å²) in [6.45, 7) is 7.66. The van der Waals surface area contributed by atoms with E-state index in [1.807, 2.05) is 13.8 Å². The van der Waals surface area contributed by atoms with Crippen LogP contribution in [0.5, 0.6) is 0 Å². The molecule has 2 amide bonds. The highest BCUT2D eigenvalue weighted by atomic mass is 16.5. The zero-order valence-electron chi connectivity index (χ0n) is 13.8. The Morgan fingerprint density at radius 3 is 2.91 bits per heavy atom. The first-order chi connectivity index (χ1) is 10.6. The Hall–Kier alpha value is -1.56. The molecular formula is C16H27N3O3. The lowest BCUT2D eigenvalue weighted by atomic mass is 9.94. The van der Waals surface area contributed by atoms with E-state index in [4.69, 9.17) is 4.52 Å². The van der Waals surface area contributed by atoms with Gasteiger partial charge >= 0.3 is 6.03 Å². The van der Waals surface area contributed by atoms with Gasteiger partial charge in [0.1, 0.15) is 5.76 Å². The molecule has 124 valence electrons. The minimum absolute atomic E-state index is 0.0735. The number of hydrogen-bond acceptors (Lipinski definition) is 4. The third-order valence-electron chi connectivity index (χ3n) is 4.45. The van der Waals surface area contributed by atoms with E-state index in [1.165, 1.54) is 0 Å². The normalized spacial score (nSPS) is 20.0. The zero-order valence-corrected chi connectivity index (χ0v) is 13.8. The highest BCUT2D eigenvalue weighted by molar-refractivity contribution is 5.74. The number of nitrogens with zero attached hydrogens (tertiary/aromatic N) is 2. The number of aliphatic hydroxyl groups is 1. The number of nitrogens with one attached hydrogen (secondary N) is 1. The van der Waals surface area contributed by atoms with Crippen molar-refractivity contribution in [3.63, 3.8) is 0 Å². The van der Waals surface area contributed by atoms with E-state index in [1.54, 1.807) is 11.8 Å². The lowest BCUT2D eigenvalue weighted by Crippen LogP contribution is -2.47. The van der Waals surface area contributed by atoms with E-state index in [0.29, 0.717) is 13.1 Å². The van der Waals surface area contributed by atoms with Gasteiger partial charge < -0.3 is 19.8 Å². The van der Waals surface area contributed by atoms with E-state index < -0.39 is 0 Å². The molecule has 0 spiro atoms. The minimum atomic E-state index is -0.368. The van der Waals surface area contributed by atoms with Gasteiger partial charge in [0, 0.05) is 37.5 Å². The molecule has 0 bridgehead atoms. The van der Waals surface area contributed by atoms with Crippen molar-refractivity contribution in [1.29, 1.82) is 0 Å². The van der Waals surface area contributed by atoms with Crippen LogP contribution in [0.15, 0.2) is 4.52 Å². The summed E-state index contributed by atoms with van der Waals surface area (Å²) in [6, 6.07) is -0.0735. The number of likely N-dealkylation sites (tertiary alicyclic amines) is 1. The number of carbonyl (C=O) groups excluding carboxylic acids is 1. The molecule has 0 radical (unpaired) electrons. The fourth-order valence-corrected chi connectivity index (χ4v) is 3.00. The Bertz CT molecular complexity index is 477. The van der Waals surface area contributed by atoms with Crippen LogP contribution in [0.25, 0.3) is 0 Å². The molecule has 6 heteroatoms. The molecular weight excluding hydrogens is 282 g/mol. The van der Waals surface area contributed by atoms with Gasteiger partial charge in [-0.3, -0.25) is 0 Å². The first kappa shape index (κ1) is 16.8. The summed E-state index contributed by atoms with van der Waals surface area (Å²) in [4.78, 5) is 14.1. The molecule has 0 aliphatic carbocycles. The predicted molar refractivity (Wildman–Crippen MR) is 83.5 cm³/mol. The van der Waals surface area contributed by atoms with Crippen LogP contribution in [0.4, 0.5) is 4.79 Å². The summed E-state index contributed by atoms with van der Waals surface area (Å²) in [5, 5.41) is 16.7. The van der Waals surface area contributed by atoms with Crippen LogP contribution < -0.4 is 5.32 Å². The number of aromatic nitrogens is 1. The maximum atomic E-state index is 12.3. The van der Waals surface area contributed by atoms with Gasteiger partial charge in [0.15, 0.2) is 0 Å². The molecule has 1 saturated heterocycles. The first-order valence-corrected chi connectivity index (χ1v) is 8.23. The summed E-state index contributed by atoms with van der Waals surface area (Å²) in [6.07, 6.45) is 3.12. The molecule has 1 aliphatic heterocycles. The number of aliphatic hydroxyl groups excluding tert-OH is 1. The van der Waals surface area contributed by atoms with Crippen LogP contribution in [0.3, 0.4) is 0 Å². The Kier molecular flexibility index (Phi) is 5.83. The molecule has 0 aromatic carbocycles. The smallest absolute Gasteiger partial charge is 0.317 e. The molecule has 2 N–H and O–H groups in total. The zero-order chi connectivity index (χ0) is 16.1. The van der Waals surface area contributed by atoms with Crippen LogP contribution in [0.2, 0.25) is 0 Å². The minimum Gasteiger partial charge on any atom is -0.393 e. The molecule has 1 aromatic rings. The van der Waals surface area contributed by atoms with Crippen molar-refractivity contribution in [2.45, 2.75) is 59.1 Å². The predicted octanol–water partition coefficient (Wildman–Crippen LogP) is 2.10. The maximum Gasteiger partial charge on any atom is 0.317 e. The Labute approximate surface area is 131 Å². The van der Waals surface area contributed by atoms with Gasteiger partial charge in [0.2, 0.25) is 0 Å². The summed E-state index contributed by atoms with van der Waals surface area (Å²) >= 11 is 0. The summed E-state index contributed by atoms with van der Waals surface area (Å²) in [5.74, 6) is 1.02. The second kappa shape index (κ2) is 7.63. The highest BCUT2D eigenvalue weighted by Crippen LogP contribution is 2.20. The number of urea groups is 1. The van der Waals surface area contributed by atoms with Crippen molar-refractivity contribution in [3.05, 3.63) is 17.0 Å². The fourth-order valence-electron chi connectivity index (χ4n) is 3.00. The van der Waals surface area contributed by atoms with Crippen molar-refractivity contribution >= 4 is 6.03 Å². The van der Waals surface area contributed by atoms with Crippen molar-refractivity contribution in [3.8, 4) is 0 Å². The lowest BCUT2D eigenvalue weighted by Gasteiger charge is -2.34. The number of carbonyl (C=O) groups is 1. The molecule has 1 fully saturated rings. The standard InChI is InChI=1S/C16H27N3O3/c1-4-14-13(15(5-2)22-18-14)9-17-16(21)19-8-6-7-12(10-19)11(3)20/h11-12,20H,4-10H2,1-3H3,(H,17,21). The quantitative estimate of drug-likeness (QED) is 0.873. The fraction of sp³-hybridized carbons (Fsp3) is 0.750. The van der Waals surface area contributed by atoms with Crippen molar-refractivity contribution in [2.75, 3.05) is 13.1 Å². The van der Waals surface area contributed by atoms with Gasteiger partial charge in [-0.2, -0.15) is 0 Å². The third kappa shape index (κ3) is 3.80. The largest absolute Gasteiger partial charge is 0.393 e. The van der Waals surface area contributed by atoms with E-state index >= 15 is 0 Å². The van der Waals surface area contributed by atoms with Gasteiger partial charge in [-0.15, -0.1) is 0 Å². The topological polar surface area (TPSA) is 78.6 Å². The van der Waals surface area contributed by atoms with E-state index in [2.05, 4.69) is 10.5 Å². The summed E-state index contributed by atoms with van der Waals surface area (Å²) < 4.78 is 5.31. The Morgan fingerprint density at radius 1 is 1.50 bits per heavy atom. The molecule has 0 saturated carbocycles. The molecule has 2 unspecified atom stereocenters. The SMILES string of the molecule is CCc1noc(CC)c1CNC(=O)N1CCCC(C(C)O)C1. The monoisotopic (exact) mass is 309 g/mol. The molecule has 2 atom stereocenters. The average molecular weight is 309 g/mol. The lowest BCUT2D eigenvalue weighted by molar-refractivity contribution is 0.0738. The summed E-state index contributed by atoms with van der Waals surface area (Å²) in [5.41, 5.74) is 1.92. The molecule has 6 nitrogen and oxygen atoms in total. The van der Waals surface area contributed by atoms with Gasteiger partial charge in [-0.1, -0.05) is 19.0 Å². The molecule has 1 aliphatic rings. The molecule has 22 heavy (non-hydrogen) atoms. The third-order valence-corrected chi connectivity index (χ3v) is 4.45. The number of amides is 2. The number of hydrogen-bond donors (Lipinski definition) is 2. The van der Waals surface area contributed by atoms with Gasteiger partial charge in [0.05, 0.1) is 11.8 Å². The number of rotatable bonds is 5. The van der Waals surface area contributed by atoms with Crippen molar-refractivity contribution in [2.24, 2.45) is 5.92 Å². The van der Waals surface area contributed by atoms with Gasteiger partial charge in [-0.05, 0) is 26.2 Å². The second-order valence-corrected chi connectivity index (χ2v) is 5.99. The van der Waals surface area contributed by atoms with Gasteiger partial charge in [0.25, 0.3) is 0 Å². The second-order valence-electron chi connectivity index (χ2n) is 5.99. The van der Waals surface area contributed by atoms with Crippen LogP contribution in [-0.2, 0) is 19.4 Å². The molecule has 2 heterocycles. The molecule has 1 aromatic heterocycles. The van der Waals surface area contributed by atoms with E-state index in [0.717, 1.165) is 49.2 Å². The average Bonchev–Trinajstić information content (AvgIpc) is 2.94. The molecule has 2 rings (SSSR count). The number of piperidine rings is 1. The first-order valence-electron chi connectivity index (χ1n) is 8.23. The Morgan fingerprint density at radius 2 is 2.27 bits per heavy atom. The van der Waals surface area contributed by atoms with Crippen molar-refractivity contribution in [1.82, 2.24) is 15.4 Å².